The first-order valence-electron chi connectivity index (χ1n) is 3.68. The van der Waals surface area contributed by atoms with Crippen molar-refractivity contribution in [1.82, 2.24) is 0 Å². The lowest BCUT2D eigenvalue weighted by molar-refractivity contribution is -0.114. The van der Waals surface area contributed by atoms with E-state index in [9.17, 15) is 4.79 Å². The van der Waals surface area contributed by atoms with E-state index in [-0.39, 0.29) is 11.0 Å². The zero-order valence-corrected chi connectivity index (χ0v) is 7.53. The van der Waals surface area contributed by atoms with Crippen LogP contribution in [0.1, 0.15) is 19.8 Å². The van der Waals surface area contributed by atoms with Crippen LogP contribution in [0.25, 0.3) is 0 Å². The molecule has 0 aromatic rings. The van der Waals surface area contributed by atoms with Crippen LogP contribution in [-0.4, -0.2) is 11.0 Å². The van der Waals surface area contributed by atoms with Crippen LogP contribution in [0.3, 0.4) is 0 Å². The fourth-order valence-electron chi connectivity index (χ4n) is 1.29. The number of hydrogen-bond donors (Lipinski definition) is 1. The summed E-state index contributed by atoms with van der Waals surface area (Å²) >= 11 is 4.29. The lowest BCUT2D eigenvalue weighted by Crippen LogP contribution is -1.96. The Labute approximate surface area is 72.6 Å². The molecule has 0 amide bonds. The van der Waals surface area contributed by atoms with Gasteiger partial charge in [0.1, 0.15) is 0 Å². The van der Waals surface area contributed by atoms with Gasteiger partial charge in [-0.05, 0) is 18.9 Å². The van der Waals surface area contributed by atoms with E-state index in [0.717, 1.165) is 11.1 Å². The second kappa shape index (κ2) is 3.26. The normalized spacial score (nSPS) is 24.5. The maximum atomic E-state index is 11.2. The van der Waals surface area contributed by atoms with E-state index in [1.54, 1.807) is 6.08 Å². The molecular weight excluding hydrogens is 156 g/mol. The molecule has 2 heteroatoms. The average molecular weight is 168 g/mol. The summed E-state index contributed by atoms with van der Waals surface area (Å²) in [6.07, 6.45) is 3.03. The third-order valence-electron chi connectivity index (χ3n) is 2.04. The highest BCUT2D eigenvalue weighted by Crippen LogP contribution is 2.28. The van der Waals surface area contributed by atoms with E-state index >= 15 is 0 Å². The molecule has 1 rings (SSSR count). The molecule has 0 radical (unpaired) electrons. The van der Waals surface area contributed by atoms with Gasteiger partial charge in [-0.25, -0.2) is 0 Å². The second-order valence-electron chi connectivity index (χ2n) is 2.80. The van der Waals surface area contributed by atoms with E-state index < -0.39 is 0 Å². The van der Waals surface area contributed by atoms with Crippen molar-refractivity contribution in [2.75, 3.05) is 0 Å². The van der Waals surface area contributed by atoms with Gasteiger partial charge in [0.2, 0.25) is 0 Å². The summed E-state index contributed by atoms with van der Waals surface area (Å²) in [7, 11) is 0. The minimum absolute atomic E-state index is 0.150. The summed E-state index contributed by atoms with van der Waals surface area (Å²) in [6.45, 7) is 5.58. The predicted octanol–water partition coefficient (Wildman–Crippen LogP) is 2.15. The molecule has 0 aromatic carbocycles. The highest BCUT2D eigenvalue weighted by atomic mass is 32.1. The summed E-state index contributed by atoms with van der Waals surface area (Å²) < 4.78 is 0. The zero-order chi connectivity index (χ0) is 8.43. The summed E-state index contributed by atoms with van der Waals surface area (Å²) in [6, 6.07) is 0. The molecular formula is C9H12OS. The molecule has 0 fully saturated rings. The average Bonchev–Trinajstić information content (AvgIpc) is 2.17. The van der Waals surface area contributed by atoms with E-state index in [1.807, 2.05) is 6.92 Å². The Morgan fingerprint density at radius 1 is 1.82 bits per heavy atom. The lowest BCUT2D eigenvalue weighted by Gasteiger charge is -1.99. The Morgan fingerprint density at radius 2 is 2.45 bits per heavy atom. The SMILES string of the molecule is C=CCC1=C(C)[C@@H](S)CC1=O. The van der Waals surface area contributed by atoms with Gasteiger partial charge in [-0.3, -0.25) is 4.79 Å². The molecule has 0 spiro atoms. The largest absolute Gasteiger partial charge is 0.294 e. The third-order valence-corrected chi connectivity index (χ3v) is 2.61. The van der Waals surface area contributed by atoms with Crippen molar-refractivity contribution in [3.05, 3.63) is 23.8 Å². The van der Waals surface area contributed by atoms with Crippen LogP contribution in [0.4, 0.5) is 0 Å². The molecule has 0 aromatic heterocycles. The molecule has 0 N–H and O–H groups in total. The highest BCUT2D eigenvalue weighted by molar-refractivity contribution is 7.81. The Bertz CT molecular complexity index is 228. The number of thiol groups is 1. The third kappa shape index (κ3) is 1.56. The molecule has 0 bridgehead atoms. The summed E-state index contributed by atoms with van der Waals surface area (Å²) in [5.41, 5.74) is 2.04. The molecule has 0 aliphatic heterocycles. The smallest absolute Gasteiger partial charge is 0.160 e. The van der Waals surface area contributed by atoms with Crippen molar-refractivity contribution in [2.24, 2.45) is 0 Å². The van der Waals surface area contributed by atoms with Crippen LogP contribution >= 0.6 is 12.6 Å². The monoisotopic (exact) mass is 168 g/mol. The summed E-state index contributed by atoms with van der Waals surface area (Å²) in [5.74, 6) is 0.238. The van der Waals surface area contributed by atoms with E-state index in [1.165, 1.54) is 0 Å². The fourth-order valence-corrected chi connectivity index (χ4v) is 1.61. The van der Waals surface area contributed by atoms with Crippen molar-refractivity contribution in [3.8, 4) is 0 Å². The quantitative estimate of drug-likeness (QED) is 0.494. The molecule has 1 atom stereocenters. The minimum atomic E-state index is 0.150. The second-order valence-corrected chi connectivity index (χ2v) is 3.42. The first kappa shape index (κ1) is 8.60. The van der Waals surface area contributed by atoms with Gasteiger partial charge in [-0.15, -0.1) is 6.58 Å². The number of carbonyl (C=O) groups excluding carboxylic acids is 1. The van der Waals surface area contributed by atoms with E-state index in [0.29, 0.717) is 12.8 Å². The van der Waals surface area contributed by atoms with Crippen molar-refractivity contribution in [3.63, 3.8) is 0 Å². The lowest BCUT2D eigenvalue weighted by atomic mass is 10.1. The van der Waals surface area contributed by atoms with Gasteiger partial charge in [-0.2, -0.15) is 12.6 Å². The molecule has 1 aliphatic rings. The van der Waals surface area contributed by atoms with E-state index in [2.05, 4.69) is 19.2 Å². The Hall–Kier alpha value is -0.500. The molecule has 0 saturated heterocycles. The molecule has 0 heterocycles. The predicted molar refractivity (Wildman–Crippen MR) is 49.9 cm³/mol. The number of rotatable bonds is 2. The van der Waals surface area contributed by atoms with Gasteiger partial charge in [0, 0.05) is 11.7 Å². The van der Waals surface area contributed by atoms with Gasteiger partial charge in [-0.1, -0.05) is 11.6 Å². The van der Waals surface area contributed by atoms with E-state index in [4.69, 9.17) is 0 Å². The standard InChI is InChI=1S/C9H12OS/c1-3-4-7-6(2)9(11)5-8(7)10/h3,9,11H,1,4-5H2,2H3/t9-/m0/s1. The summed E-state index contributed by atoms with van der Waals surface area (Å²) in [5, 5.41) is 0.150. The number of allylic oxidation sites excluding steroid dienone is 2. The number of ketones is 1. The summed E-state index contributed by atoms with van der Waals surface area (Å²) in [4.78, 5) is 11.2. The van der Waals surface area contributed by atoms with Gasteiger partial charge < -0.3 is 0 Å². The number of carbonyl (C=O) groups is 1. The Morgan fingerprint density at radius 3 is 2.82 bits per heavy atom. The topological polar surface area (TPSA) is 17.1 Å². The van der Waals surface area contributed by atoms with Gasteiger partial charge in [0.15, 0.2) is 5.78 Å². The van der Waals surface area contributed by atoms with Gasteiger partial charge >= 0.3 is 0 Å². The molecule has 0 saturated carbocycles. The van der Waals surface area contributed by atoms with Crippen LogP contribution < -0.4 is 0 Å². The first-order chi connectivity index (χ1) is 5.16. The van der Waals surface area contributed by atoms with Crippen LogP contribution in [0.15, 0.2) is 23.8 Å². The van der Waals surface area contributed by atoms with Gasteiger partial charge in [0.05, 0.1) is 0 Å². The van der Waals surface area contributed by atoms with Gasteiger partial charge in [0.25, 0.3) is 0 Å². The Balaban J connectivity index is 2.87. The molecule has 1 aliphatic carbocycles. The Kier molecular flexibility index (Phi) is 2.55. The maximum absolute atomic E-state index is 11.2. The first-order valence-corrected chi connectivity index (χ1v) is 4.20. The van der Waals surface area contributed by atoms with Crippen molar-refractivity contribution in [2.45, 2.75) is 25.0 Å². The molecule has 0 unspecified atom stereocenters. The zero-order valence-electron chi connectivity index (χ0n) is 6.63. The maximum Gasteiger partial charge on any atom is 0.160 e. The number of Topliss-reactive ketones (excluding diaryl/α,β-unsaturated/α-hetero) is 1. The molecule has 60 valence electrons. The van der Waals surface area contributed by atoms with Crippen LogP contribution in [-0.2, 0) is 4.79 Å². The molecule has 11 heavy (non-hydrogen) atoms. The number of hydrogen-bond acceptors (Lipinski definition) is 2. The highest BCUT2D eigenvalue weighted by Gasteiger charge is 2.25. The minimum Gasteiger partial charge on any atom is -0.294 e. The van der Waals surface area contributed by atoms with Crippen LogP contribution in [0.2, 0.25) is 0 Å². The molecule has 1 nitrogen and oxygen atoms in total. The van der Waals surface area contributed by atoms with Crippen LogP contribution in [0.5, 0.6) is 0 Å². The van der Waals surface area contributed by atoms with Crippen molar-refractivity contribution >= 4 is 18.4 Å². The fraction of sp³-hybridized carbons (Fsp3) is 0.444. The van der Waals surface area contributed by atoms with Crippen molar-refractivity contribution < 1.29 is 4.79 Å². The van der Waals surface area contributed by atoms with Crippen molar-refractivity contribution in [1.29, 1.82) is 0 Å². The van der Waals surface area contributed by atoms with Crippen LogP contribution in [0, 0.1) is 0 Å².